The predicted molar refractivity (Wildman–Crippen MR) is 68.1 cm³/mol. The second-order valence-electron chi connectivity index (χ2n) is 5.65. The van der Waals surface area contributed by atoms with Gasteiger partial charge >= 0.3 is 0 Å². The van der Waals surface area contributed by atoms with E-state index in [9.17, 15) is 5.11 Å². The molecule has 1 N–H and O–H groups in total. The molecule has 0 saturated carbocycles. The molecule has 2 unspecified atom stereocenters. The molecule has 3 fully saturated rings. The van der Waals surface area contributed by atoms with E-state index in [-0.39, 0.29) is 6.29 Å². The monoisotopic (exact) mass is 258 g/mol. The number of hydrogen-bond donors (Lipinski definition) is 1. The van der Waals surface area contributed by atoms with Gasteiger partial charge < -0.3 is 14.6 Å². The molecule has 3 aliphatic rings. The minimum absolute atomic E-state index is 0.0616. The molecule has 98 valence electrons. The van der Waals surface area contributed by atoms with Gasteiger partial charge in [-0.3, -0.25) is 0 Å². The standard InChI is InChI=1S/C13H22O3S/c14-13(5-4-12-15-6-7-16-12)8-10-2-1-3-11(9-13)17-10/h10-12,14H,1-9H2. The first kappa shape index (κ1) is 12.3. The lowest BCUT2D eigenvalue weighted by Crippen LogP contribution is -2.43. The van der Waals surface area contributed by atoms with Gasteiger partial charge in [0.2, 0.25) is 0 Å². The molecule has 0 aromatic rings. The highest BCUT2D eigenvalue weighted by Gasteiger charge is 2.41. The van der Waals surface area contributed by atoms with E-state index in [1.807, 2.05) is 0 Å². The summed E-state index contributed by atoms with van der Waals surface area (Å²) >= 11 is 2.11. The first-order chi connectivity index (χ1) is 8.23. The molecule has 2 bridgehead atoms. The summed E-state index contributed by atoms with van der Waals surface area (Å²) in [7, 11) is 0. The van der Waals surface area contributed by atoms with Gasteiger partial charge in [0.15, 0.2) is 6.29 Å². The van der Waals surface area contributed by atoms with Gasteiger partial charge in [-0.25, -0.2) is 0 Å². The Morgan fingerprint density at radius 3 is 2.41 bits per heavy atom. The lowest BCUT2D eigenvalue weighted by molar-refractivity contribution is -0.0724. The fourth-order valence-electron chi connectivity index (χ4n) is 3.38. The average Bonchev–Trinajstić information content (AvgIpc) is 2.78. The fourth-order valence-corrected chi connectivity index (χ4v) is 5.34. The summed E-state index contributed by atoms with van der Waals surface area (Å²) in [5.41, 5.74) is -0.448. The third kappa shape index (κ3) is 2.98. The lowest BCUT2D eigenvalue weighted by atomic mass is 9.82. The highest BCUT2D eigenvalue weighted by atomic mass is 32.2. The maximum Gasteiger partial charge on any atom is 0.157 e. The third-order valence-electron chi connectivity index (χ3n) is 4.19. The fraction of sp³-hybridized carbons (Fsp3) is 1.00. The van der Waals surface area contributed by atoms with E-state index in [1.165, 1.54) is 19.3 Å². The van der Waals surface area contributed by atoms with Crippen molar-refractivity contribution >= 4 is 11.8 Å². The molecular weight excluding hydrogens is 236 g/mol. The quantitative estimate of drug-likeness (QED) is 0.843. The molecule has 0 amide bonds. The van der Waals surface area contributed by atoms with Crippen molar-refractivity contribution in [1.82, 2.24) is 0 Å². The third-order valence-corrected chi connectivity index (χ3v) is 5.76. The van der Waals surface area contributed by atoms with E-state index < -0.39 is 5.60 Å². The molecule has 3 rings (SSSR count). The predicted octanol–water partition coefficient (Wildman–Crippen LogP) is 2.32. The molecule has 3 nitrogen and oxygen atoms in total. The lowest BCUT2D eigenvalue weighted by Gasteiger charge is -2.44. The molecule has 3 heterocycles. The van der Waals surface area contributed by atoms with E-state index in [1.54, 1.807) is 0 Å². The number of rotatable bonds is 3. The van der Waals surface area contributed by atoms with Crippen molar-refractivity contribution in [2.24, 2.45) is 0 Å². The van der Waals surface area contributed by atoms with Gasteiger partial charge in [0.25, 0.3) is 0 Å². The van der Waals surface area contributed by atoms with Gasteiger partial charge in [0.05, 0.1) is 18.8 Å². The Labute approximate surface area is 107 Å². The van der Waals surface area contributed by atoms with Gasteiger partial charge in [-0.05, 0) is 32.1 Å². The van der Waals surface area contributed by atoms with Crippen LogP contribution in [0.3, 0.4) is 0 Å². The number of thioether (sulfide) groups is 1. The zero-order valence-corrected chi connectivity index (χ0v) is 11.1. The molecule has 0 aliphatic carbocycles. The Morgan fingerprint density at radius 2 is 1.76 bits per heavy atom. The summed E-state index contributed by atoms with van der Waals surface area (Å²) < 4.78 is 10.9. The van der Waals surface area contributed by atoms with Crippen molar-refractivity contribution in [3.63, 3.8) is 0 Å². The zero-order chi connectivity index (χ0) is 11.7. The first-order valence-electron chi connectivity index (χ1n) is 6.85. The maximum absolute atomic E-state index is 10.7. The Morgan fingerprint density at radius 1 is 1.12 bits per heavy atom. The van der Waals surface area contributed by atoms with E-state index in [0.717, 1.165) is 25.7 Å². The van der Waals surface area contributed by atoms with Crippen LogP contribution in [0.1, 0.15) is 44.9 Å². The van der Waals surface area contributed by atoms with Crippen LogP contribution in [0.4, 0.5) is 0 Å². The van der Waals surface area contributed by atoms with Crippen LogP contribution in [0.2, 0.25) is 0 Å². The second-order valence-corrected chi connectivity index (χ2v) is 7.26. The van der Waals surface area contributed by atoms with Crippen LogP contribution in [-0.2, 0) is 9.47 Å². The van der Waals surface area contributed by atoms with Crippen LogP contribution in [-0.4, -0.2) is 40.7 Å². The van der Waals surface area contributed by atoms with Gasteiger partial charge in [-0.1, -0.05) is 6.42 Å². The summed E-state index contributed by atoms with van der Waals surface area (Å²) in [5, 5.41) is 12.1. The molecule has 17 heavy (non-hydrogen) atoms. The molecule has 4 heteroatoms. The average molecular weight is 258 g/mol. The van der Waals surface area contributed by atoms with Crippen molar-refractivity contribution < 1.29 is 14.6 Å². The highest BCUT2D eigenvalue weighted by molar-refractivity contribution is 8.00. The van der Waals surface area contributed by atoms with Crippen LogP contribution < -0.4 is 0 Å². The molecule has 0 radical (unpaired) electrons. The van der Waals surface area contributed by atoms with E-state index in [2.05, 4.69) is 11.8 Å². The van der Waals surface area contributed by atoms with E-state index in [0.29, 0.717) is 23.7 Å². The second kappa shape index (κ2) is 5.08. The van der Waals surface area contributed by atoms with Crippen molar-refractivity contribution in [1.29, 1.82) is 0 Å². The van der Waals surface area contributed by atoms with Gasteiger partial charge in [0.1, 0.15) is 0 Å². The zero-order valence-electron chi connectivity index (χ0n) is 10.3. The summed E-state index contributed by atoms with van der Waals surface area (Å²) in [6, 6.07) is 0. The number of ether oxygens (including phenoxy) is 2. The summed E-state index contributed by atoms with van der Waals surface area (Å²) in [6.07, 6.45) is 7.51. The Kier molecular flexibility index (Phi) is 3.67. The summed E-state index contributed by atoms with van der Waals surface area (Å²) in [6.45, 7) is 1.42. The van der Waals surface area contributed by atoms with Crippen LogP contribution in [0, 0.1) is 0 Å². The van der Waals surface area contributed by atoms with Crippen molar-refractivity contribution in [3.05, 3.63) is 0 Å². The largest absolute Gasteiger partial charge is 0.390 e. The highest BCUT2D eigenvalue weighted by Crippen LogP contribution is 2.47. The SMILES string of the molecule is OC1(CCC2OCCO2)CC2CCCC(C1)S2. The first-order valence-corrected chi connectivity index (χ1v) is 7.79. The summed E-state index contributed by atoms with van der Waals surface area (Å²) in [4.78, 5) is 0. The van der Waals surface area contributed by atoms with Crippen LogP contribution in [0.15, 0.2) is 0 Å². The van der Waals surface area contributed by atoms with Crippen molar-refractivity contribution in [2.45, 2.75) is 67.3 Å². The smallest absolute Gasteiger partial charge is 0.157 e. The van der Waals surface area contributed by atoms with E-state index >= 15 is 0 Å². The number of fused-ring (bicyclic) bond motifs is 2. The summed E-state index contributed by atoms with van der Waals surface area (Å²) in [5.74, 6) is 0. The van der Waals surface area contributed by atoms with Crippen molar-refractivity contribution in [3.8, 4) is 0 Å². The molecule has 2 atom stereocenters. The topological polar surface area (TPSA) is 38.7 Å². The Hall–Kier alpha value is 0.230. The molecular formula is C13H22O3S. The molecule has 0 aromatic carbocycles. The van der Waals surface area contributed by atoms with Crippen LogP contribution in [0.5, 0.6) is 0 Å². The normalized spacial score (nSPS) is 42.9. The van der Waals surface area contributed by atoms with Gasteiger partial charge in [-0.15, -0.1) is 0 Å². The molecule has 0 spiro atoms. The minimum atomic E-state index is -0.448. The molecule has 0 aromatic heterocycles. The maximum atomic E-state index is 10.7. The number of aliphatic hydroxyl groups is 1. The number of hydrogen-bond acceptors (Lipinski definition) is 4. The van der Waals surface area contributed by atoms with E-state index in [4.69, 9.17) is 9.47 Å². The van der Waals surface area contributed by atoms with Gasteiger partial charge in [0, 0.05) is 16.9 Å². The van der Waals surface area contributed by atoms with Crippen molar-refractivity contribution in [2.75, 3.05) is 13.2 Å². The Bertz CT molecular complexity index is 253. The minimum Gasteiger partial charge on any atom is -0.390 e. The van der Waals surface area contributed by atoms with Gasteiger partial charge in [-0.2, -0.15) is 11.8 Å². The van der Waals surface area contributed by atoms with Crippen LogP contribution in [0.25, 0.3) is 0 Å². The Balaban J connectivity index is 1.53. The molecule has 3 aliphatic heterocycles. The molecule has 3 saturated heterocycles. The van der Waals surface area contributed by atoms with Crippen LogP contribution >= 0.6 is 11.8 Å².